The van der Waals surface area contributed by atoms with Crippen LogP contribution >= 0.6 is 69.8 Å². The number of hydrazine groups is 1. The van der Waals surface area contributed by atoms with E-state index in [1.54, 1.807) is 12.1 Å². The fourth-order valence-electron chi connectivity index (χ4n) is 3.65. The standard InChI is InChI=1S/C25H20Cl5N3OS/c1-3-6-14-7-4-5-8-21(14)35-23-24(31-20-9-13(2)16(27)12-17(20)28)32-33(25(23)34)22-18(29)10-15(26)11-19(22)30/h4-5,7-12,23H,3,6H2,1-2H3,(H,31,32). The highest BCUT2D eigenvalue weighted by Crippen LogP contribution is 2.41. The minimum Gasteiger partial charge on any atom is -0.276 e. The molecule has 1 aliphatic rings. The van der Waals surface area contributed by atoms with Crippen molar-refractivity contribution in [2.75, 3.05) is 5.01 Å². The highest BCUT2D eigenvalue weighted by Gasteiger charge is 2.41. The van der Waals surface area contributed by atoms with Gasteiger partial charge in [-0.3, -0.25) is 10.2 Å². The third kappa shape index (κ3) is 5.71. The van der Waals surface area contributed by atoms with Gasteiger partial charge in [0, 0.05) is 14.9 Å². The minimum atomic E-state index is -0.692. The maximum Gasteiger partial charge on any atom is 0.267 e. The number of carbonyl (C=O) groups excluding carboxylic acids is 1. The zero-order valence-corrected chi connectivity index (χ0v) is 23.3. The lowest BCUT2D eigenvalue weighted by atomic mass is 10.1. The van der Waals surface area contributed by atoms with Gasteiger partial charge in [0.2, 0.25) is 0 Å². The van der Waals surface area contributed by atoms with Crippen LogP contribution in [0.2, 0.25) is 25.1 Å². The van der Waals surface area contributed by atoms with E-state index in [2.05, 4.69) is 18.4 Å². The number of aryl methyl sites for hydroxylation is 2. The fraction of sp³-hybridized carbons (Fsp3) is 0.200. The van der Waals surface area contributed by atoms with Crippen LogP contribution in [0, 0.1) is 6.92 Å². The molecular weight excluding hydrogens is 568 g/mol. The van der Waals surface area contributed by atoms with Crippen LogP contribution in [0.3, 0.4) is 0 Å². The van der Waals surface area contributed by atoms with Gasteiger partial charge < -0.3 is 0 Å². The molecule has 3 aromatic rings. The number of carbonyl (C=O) groups is 1. The van der Waals surface area contributed by atoms with Gasteiger partial charge in [0.1, 0.15) is 16.8 Å². The number of nitrogens with one attached hydrogen (secondary N) is 1. The second-order valence-electron chi connectivity index (χ2n) is 7.91. The average molecular weight is 588 g/mol. The number of benzene rings is 3. The molecule has 1 heterocycles. The lowest BCUT2D eigenvalue weighted by molar-refractivity contribution is -0.116. The van der Waals surface area contributed by atoms with Crippen LogP contribution in [0.15, 0.2) is 58.4 Å². The predicted octanol–water partition coefficient (Wildman–Crippen LogP) is 8.96. The van der Waals surface area contributed by atoms with Gasteiger partial charge in [-0.2, -0.15) is 0 Å². The van der Waals surface area contributed by atoms with Gasteiger partial charge in [-0.15, -0.1) is 11.8 Å². The third-order valence-corrected chi connectivity index (χ3v) is 8.15. The van der Waals surface area contributed by atoms with Gasteiger partial charge in [0.25, 0.3) is 5.91 Å². The SMILES string of the molecule is CCCc1ccccc1SC1C(=O)N(c2c(Cl)cc(Cl)cc2Cl)NC1=Nc1cc(C)c(Cl)cc1Cl. The first-order valence-electron chi connectivity index (χ1n) is 10.7. The van der Waals surface area contributed by atoms with Crippen molar-refractivity contribution >= 4 is 92.9 Å². The Labute approximate surface area is 233 Å². The fourth-order valence-corrected chi connectivity index (χ4v) is 6.21. The molecule has 3 aromatic carbocycles. The predicted molar refractivity (Wildman–Crippen MR) is 150 cm³/mol. The van der Waals surface area contributed by atoms with E-state index in [0.29, 0.717) is 32.3 Å². The summed E-state index contributed by atoms with van der Waals surface area (Å²) >= 11 is 33.0. The third-order valence-electron chi connectivity index (χ3n) is 5.33. The quantitative estimate of drug-likeness (QED) is 0.313. The van der Waals surface area contributed by atoms with Gasteiger partial charge in [0.05, 0.1) is 20.8 Å². The van der Waals surface area contributed by atoms with Crippen LogP contribution < -0.4 is 10.4 Å². The Morgan fingerprint density at radius 3 is 2.34 bits per heavy atom. The molecule has 0 spiro atoms. The topological polar surface area (TPSA) is 44.7 Å². The Morgan fingerprint density at radius 2 is 1.66 bits per heavy atom. The first-order valence-corrected chi connectivity index (χ1v) is 13.5. The largest absolute Gasteiger partial charge is 0.276 e. The number of aliphatic imine (C=N–C) groups is 1. The van der Waals surface area contributed by atoms with Crippen LogP contribution in [0.1, 0.15) is 24.5 Å². The summed E-state index contributed by atoms with van der Waals surface area (Å²) in [5, 5.41) is 2.38. The van der Waals surface area contributed by atoms with Crippen molar-refractivity contribution in [2.24, 2.45) is 4.99 Å². The van der Waals surface area contributed by atoms with E-state index in [9.17, 15) is 4.79 Å². The molecular formula is C25H20Cl5N3OS. The maximum absolute atomic E-state index is 13.7. The maximum atomic E-state index is 13.7. The summed E-state index contributed by atoms with van der Waals surface area (Å²) in [4.78, 5) is 19.5. The first kappa shape index (κ1) is 26.5. The first-order chi connectivity index (χ1) is 16.7. The number of anilines is 1. The Kier molecular flexibility index (Phi) is 8.47. The molecule has 35 heavy (non-hydrogen) atoms. The number of nitrogens with zero attached hydrogens (tertiary/aromatic N) is 2. The summed E-state index contributed by atoms with van der Waals surface area (Å²) in [7, 11) is 0. The van der Waals surface area contributed by atoms with E-state index in [-0.39, 0.29) is 16.0 Å². The molecule has 1 fully saturated rings. The van der Waals surface area contributed by atoms with Crippen molar-refractivity contribution in [3.63, 3.8) is 0 Å². The zero-order chi connectivity index (χ0) is 25.3. The summed E-state index contributed by atoms with van der Waals surface area (Å²) in [5.74, 6) is 0.130. The van der Waals surface area contributed by atoms with Crippen molar-refractivity contribution in [3.05, 3.63) is 84.8 Å². The molecule has 10 heteroatoms. The number of rotatable bonds is 6. The summed E-state index contributed by atoms with van der Waals surface area (Å²) in [6.07, 6.45) is 1.88. The summed E-state index contributed by atoms with van der Waals surface area (Å²) in [6, 6.07) is 14.5. The van der Waals surface area contributed by atoms with Crippen molar-refractivity contribution in [2.45, 2.75) is 36.8 Å². The van der Waals surface area contributed by atoms with Crippen LogP contribution in [0.5, 0.6) is 0 Å². The zero-order valence-electron chi connectivity index (χ0n) is 18.7. The smallest absolute Gasteiger partial charge is 0.267 e. The molecule has 0 bridgehead atoms. The van der Waals surface area contributed by atoms with E-state index in [4.69, 9.17) is 63.0 Å². The second-order valence-corrected chi connectivity index (χ2v) is 11.1. The van der Waals surface area contributed by atoms with E-state index in [0.717, 1.165) is 28.9 Å². The molecule has 1 unspecified atom stereocenters. The highest BCUT2D eigenvalue weighted by molar-refractivity contribution is 8.01. The molecule has 1 N–H and O–H groups in total. The van der Waals surface area contributed by atoms with Crippen molar-refractivity contribution in [3.8, 4) is 0 Å². The Morgan fingerprint density at radius 1 is 0.971 bits per heavy atom. The second kappa shape index (κ2) is 11.2. The monoisotopic (exact) mass is 585 g/mol. The summed E-state index contributed by atoms with van der Waals surface area (Å²) in [6.45, 7) is 3.98. The van der Waals surface area contributed by atoms with Crippen LogP contribution in [0.25, 0.3) is 0 Å². The molecule has 1 aliphatic heterocycles. The number of halogens is 5. The molecule has 0 aromatic heterocycles. The lowest BCUT2D eigenvalue weighted by Crippen LogP contribution is -2.36. The molecule has 4 nitrogen and oxygen atoms in total. The lowest BCUT2D eigenvalue weighted by Gasteiger charge is -2.19. The van der Waals surface area contributed by atoms with Crippen molar-refractivity contribution < 1.29 is 4.79 Å². The van der Waals surface area contributed by atoms with Gasteiger partial charge in [-0.25, -0.2) is 10.0 Å². The van der Waals surface area contributed by atoms with E-state index in [1.807, 2.05) is 25.1 Å². The molecule has 0 radical (unpaired) electrons. The summed E-state index contributed by atoms with van der Waals surface area (Å²) < 4.78 is 0. The van der Waals surface area contributed by atoms with Crippen molar-refractivity contribution in [1.29, 1.82) is 0 Å². The molecule has 1 amide bonds. The molecule has 0 saturated carbocycles. The van der Waals surface area contributed by atoms with E-state index >= 15 is 0 Å². The molecule has 0 aliphatic carbocycles. The van der Waals surface area contributed by atoms with Gasteiger partial charge in [-0.1, -0.05) is 89.5 Å². The van der Waals surface area contributed by atoms with E-state index in [1.165, 1.54) is 28.9 Å². The molecule has 4 rings (SSSR count). The number of amidine groups is 1. The van der Waals surface area contributed by atoms with E-state index < -0.39 is 5.25 Å². The van der Waals surface area contributed by atoms with Crippen LogP contribution in [-0.4, -0.2) is 17.0 Å². The Balaban J connectivity index is 1.81. The number of hydrogen-bond acceptors (Lipinski definition) is 3. The Hall–Kier alpha value is -1.60. The van der Waals surface area contributed by atoms with Crippen LogP contribution in [-0.2, 0) is 11.2 Å². The highest BCUT2D eigenvalue weighted by atomic mass is 35.5. The Bertz CT molecular complexity index is 1310. The normalized spacial score (nSPS) is 16.8. The molecule has 1 atom stereocenters. The number of thioether (sulfide) groups is 1. The summed E-state index contributed by atoms with van der Waals surface area (Å²) in [5.41, 5.74) is 5.87. The number of hydrogen-bond donors (Lipinski definition) is 1. The number of amides is 1. The van der Waals surface area contributed by atoms with Gasteiger partial charge in [0.15, 0.2) is 0 Å². The molecule has 182 valence electrons. The minimum absolute atomic E-state index is 0.236. The average Bonchev–Trinajstić information content (AvgIpc) is 3.08. The van der Waals surface area contributed by atoms with Gasteiger partial charge >= 0.3 is 0 Å². The molecule has 1 saturated heterocycles. The van der Waals surface area contributed by atoms with Crippen LogP contribution in [0.4, 0.5) is 11.4 Å². The van der Waals surface area contributed by atoms with Crippen molar-refractivity contribution in [1.82, 2.24) is 5.43 Å². The van der Waals surface area contributed by atoms with Gasteiger partial charge in [-0.05, 0) is 54.8 Å².